The van der Waals surface area contributed by atoms with Crippen molar-refractivity contribution in [2.24, 2.45) is 0 Å². The predicted molar refractivity (Wildman–Crippen MR) is 96.2 cm³/mol. The Morgan fingerprint density at radius 2 is 2.15 bits per heavy atom. The molecule has 2 fully saturated rings. The minimum absolute atomic E-state index is 0.223. The Labute approximate surface area is 154 Å². The maximum Gasteiger partial charge on any atom is 0.409 e. The zero-order valence-electron chi connectivity index (χ0n) is 15.6. The van der Waals surface area contributed by atoms with E-state index in [0.717, 1.165) is 37.4 Å². The molecule has 1 amide bonds. The lowest BCUT2D eigenvalue weighted by Gasteiger charge is -2.32. The molecule has 2 saturated heterocycles. The van der Waals surface area contributed by atoms with Crippen LogP contribution in [0.3, 0.4) is 0 Å². The van der Waals surface area contributed by atoms with Gasteiger partial charge in [-0.1, -0.05) is 0 Å². The van der Waals surface area contributed by atoms with Crippen LogP contribution in [-0.4, -0.2) is 67.0 Å². The van der Waals surface area contributed by atoms with Gasteiger partial charge in [-0.25, -0.2) is 14.8 Å². The number of methoxy groups -OCH3 is 1. The molecule has 3 rings (SSSR count). The molecule has 144 valence electrons. The number of carbonyl (C=O) groups excluding carboxylic acids is 1. The van der Waals surface area contributed by atoms with Gasteiger partial charge in [0.2, 0.25) is 0 Å². The van der Waals surface area contributed by atoms with Gasteiger partial charge in [0.25, 0.3) is 0 Å². The van der Waals surface area contributed by atoms with E-state index in [2.05, 4.69) is 15.3 Å². The van der Waals surface area contributed by atoms with Gasteiger partial charge in [-0.2, -0.15) is 0 Å². The van der Waals surface area contributed by atoms with Crippen LogP contribution < -0.4 is 5.32 Å². The quantitative estimate of drug-likeness (QED) is 0.828. The van der Waals surface area contributed by atoms with Gasteiger partial charge in [-0.15, -0.1) is 0 Å². The summed E-state index contributed by atoms with van der Waals surface area (Å²) in [5.41, 5.74) is 1.01. The lowest BCUT2D eigenvalue weighted by atomic mass is 10.0. The zero-order valence-corrected chi connectivity index (χ0v) is 15.6. The lowest BCUT2D eigenvalue weighted by Crippen LogP contribution is -2.42. The average molecular weight is 364 g/mol. The largest absolute Gasteiger partial charge is 0.450 e. The standard InChI is InChI=1S/C18H28N4O4/c1-3-26-18(23)22-7-4-14(5-8-22)19-16-10-15(13-6-9-25-11-13)20-17(21-16)12-24-2/h10,13-14H,3-9,11-12H2,1-2H3,(H,19,20,21)/t13-/m0/s1. The molecule has 8 heteroatoms. The summed E-state index contributed by atoms with van der Waals surface area (Å²) < 4.78 is 15.8. The minimum atomic E-state index is -0.223. The molecule has 1 N–H and O–H groups in total. The molecule has 8 nitrogen and oxygen atoms in total. The van der Waals surface area contributed by atoms with Crippen molar-refractivity contribution < 1.29 is 19.0 Å². The van der Waals surface area contributed by atoms with Gasteiger partial charge < -0.3 is 24.4 Å². The third-order valence-corrected chi connectivity index (χ3v) is 4.79. The molecule has 0 bridgehead atoms. The monoisotopic (exact) mass is 364 g/mol. The van der Waals surface area contributed by atoms with Crippen molar-refractivity contribution in [3.05, 3.63) is 17.6 Å². The van der Waals surface area contributed by atoms with Crippen LogP contribution in [0.25, 0.3) is 0 Å². The summed E-state index contributed by atoms with van der Waals surface area (Å²) in [4.78, 5) is 22.8. The molecular weight excluding hydrogens is 336 g/mol. The molecule has 1 atom stereocenters. The van der Waals surface area contributed by atoms with Gasteiger partial charge in [-0.05, 0) is 26.2 Å². The maximum absolute atomic E-state index is 11.8. The predicted octanol–water partition coefficient (Wildman–Crippen LogP) is 2.16. The molecule has 3 heterocycles. The number of nitrogens with zero attached hydrogens (tertiary/aromatic N) is 3. The molecule has 0 radical (unpaired) electrons. The highest BCUT2D eigenvalue weighted by Gasteiger charge is 2.25. The number of ether oxygens (including phenoxy) is 3. The second kappa shape index (κ2) is 9.14. The molecule has 1 aromatic rings. The van der Waals surface area contributed by atoms with E-state index in [-0.39, 0.29) is 12.1 Å². The van der Waals surface area contributed by atoms with Crippen molar-refractivity contribution in [2.45, 2.75) is 44.8 Å². The third-order valence-electron chi connectivity index (χ3n) is 4.79. The van der Waals surface area contributed by atoms with Crippen molar-refractivity contribution in [1.29, 1.82) is 0 Å². The summed E-state index contributed by atoms with van der Waals surface area (Å²) in [5, 5.41) is 3.51. The number of piperidine rings is 1. The Kier molecular flexibility index (Phi) is 6.62. The van der Waals surface area contributed by atoms with E-state index in [4.69, 9.17) is 14.2 Å². The molecule has 0 spiro atoms. The number of anilines is 1. The van der Waals surface area contributed by atoms with E-state index in [0.29, 0.717) is 44.7 Å². The fourth-order valence-electron chi connectivity index (χ4n) is 3.39. The number of amides is 1. The fraction of sp³-hybridized carbons (Fsp3) is 0.722. The first-order valence-electron chi connectivity index (χ1n) is 9.32. The molecule has 2 aliphatic rings. The summed E-state index contributed by atoms with van der Waals surface area (Å²) in [6.45, 7) is 5.49. The fourth-order valence-corrected chi connectivity index (χ4v) is 3.39. The Morgan fingerprint density at radius 1 is 1.35 bits per heavy atom. The molecule has 0 aromatic carbocycles. The van der Waals surface area contributed by atoms with Crippen LogP contribution in [0.5, 0.6) is 0 Å². The van der Waals surface area contributed by atoms with E-state index in [9.17, 15) is 4.79 Å². The number of nitrogens with one attached hydrogen (secondary N) is 1. The normalized spacial score (nSPS) is 21.0. The summed E-state index contributed by atoms with van der Waals surface area (Å²) in [5.74, 6) is 1.83. The van der Waals surface area contributed by atoms with Crippen LogP contribution >= 0.6 is 0 Å². The smallest absolute Gasteiger partial charge is 0.409 e. The van der Waals surface area contributed by atoms with Gasteiger partial charge in [-0.3, -0.25) is 0 Å². The van der Waals surface area contributed by atoms with Crippen molar-refractivity contribution in [3.8, 4) is 0 Å². The van der Waals surface area contributed by atoms with E-state index < -0.39 is 0 Å². The first-order chi connectivity index (χ1) is 12.7. The lowest BCUT2D eigenvalue weighted by molar-refractivity contribution is 0.0983. The van der Waals surface area contributed by atoms with Crippen LogP contribution in [-0.2, 0) is 20.8 Å². The maximum atomic E-state index is 11.8. The second-order valence-corrected chi connectivity index (χ2v) is 6.69. The highest BCUT2D eigenvalue weighted by atomic mass is 16.6. The van der Waals surface area contributed by atoms with Crippen molar-refractivity contribution in [1.82, 2.24) is 14.9 Å². The Morgan fingerprint density at radius 3 is 2.81 bits per heavy atom. The number of likely N-dealkylation sites (tertiary alicyclic amines) is 1. The highest BCUT2D eigenvalue weighted by Crippen LogP contribution is 2.26. The Hall–Kier alpha value is -1.93. The molecular formula is C18H28N4O4. The van der Waals surface area contributed by atoms with Crippen molar-refractivity contribution in [2.75, 3.05) is 45.3 Å². The first kappa shape index (κ1) is 18.8. The zero-order chi connectivity index (χ0) is 18.4. The SMILES string of the molecule is CCOC(=O)N1CCC(Nc2cc([C@H]3CCOC3)nc(COC)n2)CC1. The Bertz CT molecular complexity index is 599. The van der Waals surface area contributed by atoms with Gasteiger partial charge in [0.1, 0.15) is 12.4 Å². The third kappa shape index (κ3) is 4.82. The van der Waals surface area contributed by atoms with Crippen molar-refractivity contribution in [3.63, 3.8) is 0 Å². The molecule has 0 saturated carbocycles. The molecule has 1 aromatic heterocycles. The number of rotatable bonds is 6. The van der Waals surface area contributed by atoms with Gasteiger partial charge in [0.05, 0.1) is 18.9 Å². The number of aromatic nitrogens is 2. The summed E-state index contributed by atoms with van der Waals surface area (Å²) in [6, 6.07) is 2.30. The number of hydrogen-bond acceptors (Lipinski definition) is 7. The van der Waals surface area contributed by atoms with E-state index in [1.807, 2.05) is 13.0 Å². The highest BCUT2D eigenvalue weighted by molar-refractivity contribution is 5.67. The molecule has 0 unspecified atom stereocenters. The molecule has 26 heavy (non-hydrogen) atoms. The van der Waals surface area contributed by atoms with E-state index >= 15 is 0 Å². The molecule has 0 aliphatic carbocycles. The summed E-state index contributed by atoms with van der Waals surface area (Å²) >= 11 is 0. The van der Waals surface area contributed by atoms with E-state index in [1.54, 1.807) is 12.0 Å². The van der Waals surface area contributed by atoms with Crippen LogP contribution in [0.1, 0.15) is 43.6 Å². The Balaban J connectivity index is 1.63. The van der Waals surface area contributed by atoms with Crippen LogP contribution in [0.4, 0.5) is 10.6 Å². The van der Waals surface area contributed by atoms with Crippen LogP contribution in [0, 0.1) is 0 Å². The van der Waals surface area contributed by atoms with Gasteiger partial charge in [0, 0.05) is 44.8 Å². The van der Waals surface area contributed by atoms with Gasteiger partial charge in [0.15, 0.2) is 5.82 Å². The number of hydrogen-bond donors (Lipinski definition) is 1. The molecule has 2 aliphatic heterocycles. The topological polar surface area (TPSA) is 85.8 Å². The second-order valence-electron chi connectivity index (χ2n) is 6.69. The van der Waals surface area contributed by atoms with Crippen LogP contribution in [0.2, 0.25) is 0 Å². The van der Waals surface area contributed by atoms with Gasteiger partial charge >= 0.3 is 6.09 Å². The summed E-state index contributed by atoms with van der Waals surface area (Å²) in [6.07, 6.45) is 2.49. The average Bonchev–Trinajstić information content (AvgIpc) is 3.17. The minimum Gasteiger partial charge on any atom is -0.450 e. The summed E-state index contributed by atoms with van der Waals surface area (Å²) in [7, 11) is 1.65. The van der Waals surface area contributed by atoms with Crippen LogP contribution in [0.15, 0.2) is 6.07 Å². The number of carbonyl (C=O) groups is 1. The van der Waals surface area contributed by atoms with Crippen molar-refractivity contribution >= 4 is 11.9 Å². The first-order valence-corrected chi connectivity index (χ1v) is 9.32. The van der Waals surface area contributed by atoms with E-state index in [1.165, 1.54) is 0 Å².